The lowest BCUT2D eigenvalue weighted by molar-refractivity contribution is 0.202. The molecule has 0 amide bonds. The minimum absolute atomic E-state index is 0.644. The first kappa shape index (κ1) is 11.8. The molecular weight excluding hydrogens is 226 g/mol. The van der Waals surface area contributed by atoms with Crippen molar-refractivity contribution in [2.24, 2.45) is 5.92 Å². The molecule has 3 rings (SSSR count). The molecule has 2 aliphatic heterocycles. The number of piperidine rings is 1. The van der Waals surface area contributed by atoms with Gasteiger partial charge in [0.2, 0.25) is 0 Å². The van der Waals surface area contributed by atoms with Crippen LogP contribution in [0.3, 0.4) is 0 Å². The molecule has 98 valence electrons. The van der Waals surface area contributed by atoms with Crippen LogP contribution in [-0.2, 0) is 0 Å². The summed E-state index contributed by atoms with van der Waals surface area (Å²) in [5.41, 5.74) is 0. The van der Waals surface area contributed by atoms with Crippen molar-refractivity contribution in [1.82, 2.24) is 9.88 Å². The number of likely N-dealkylation sites (tertiary alicyclic amines) is 1. The number of fused-ring (bicyclic) bond motifs is 1. The van der Waals surface area contributed by atoms with E-state index < -0.39 is 0 Å². The summed E-state index contributed by atoms with van der Waals surface area (Å²) in [7, 11) is 3.95. The molecule has 2 fully saturated rings. The molecule has 0 bridgehead atoms. The summed E-state index contributed by atoms with van der Waals surface area (Å²) in [6, 6.07) is 4.58. The summed E-state index contributed by atoms with van der Waals surface area (Å²) < 4.78 is 5.44. The fraction of sp³-hybridized carbons (Fsp3) is 0.643. The maximum atomic E-state index is 5.44. The highest BCUT2D eigenvalue weighted by Gasteiger charge is 2.38. The molecule has 0 spiro atoms. The van der Waals surface area contributed by atoms with Crippen LogP contribution in [0.4, 0.5) is 5.82 Å². The maximum absolute atomic E-state index is 5.44. The second kappa shape index (κ2) is 4.76. The molecular formula is C14H21N3O. The van der Waals surface area contributed by atoms with Crippen LogP contribution in [0.5, 0.6) is 5.75 Å². The van der Waals surface area contributed by atoms with Crippen LogP contribution in [-0.4, -0.2) is 49.7 Å². The Morgan fingerprint density at radius 3 is 3.06 bits per heavy atom. The largest absolute Gasteiger partial charge is 0.493 e. The summed E-state index contributed by atoms with van der Waals surface area (Å²) in [6.07, 6.45) is 4.37. The summed E-state index contributed by atoms with van der Waals surface area (Å²) in [4.78, 5) is 9.43. The van der Waals surface area contributed by atoms with E-state index in [1.165, 1.54) is 25.9 Å². The van der Waals surface area contributed by atoms with Gasteiger partial charge in [0.1, 0.15) is 0 Å². The first-order valence-electron chi connectivity index (χ1n) is 6.74. The molecule has 2 saturated heterocycles. The normalized spacial score (nSPS) is 28.2. The summed E-state index contributed by atoms with van der Waals surface area (Å²) >= 11 is 0. The lowest BCUT2D eigenvalue weighted by Crippen LogP contribution is -2.44. The third-order valence-electron chi connectivity index (χ3n) is 4.28. The van der Waals surface area contributed by atoms with Gasteiger partial charge in [-0.25, -0.2) is 4.98 Å². The van der Waals surface area contributed by atoms with E-state index in [-0.39, 0.29) is 0 Å². The average Bonchev–Trinajstić information content (AvgIpc) is 2.81. The van der Waals surface area contributed by atoms with Crippen LogP contribution >= 0.6 is 0 Å². The standard InChI is InChI=1S/C14H21N3O/c1-16-8-6-12-11(10-16)5-9-17(12)14-13(18-2)4-3-7-15-14/h3-4,7,11-12H,5-6,8-10H2,1-2H3/t11-,12?/m1/s1. The van der Waals surface area contributed by atoms with E-state index in [2.05, 4.69) is 21.8 Å². The van der Waals surface area contributed by atoms with Gasteiger partial charge in [-0.15, -0.1) is 0 Å². The number of methoxy groups -OCH3 is 1. The van der Waals surface area contributed by atoms with Crippen molar-refractivity contribution < 1.29 is 4.74 Å². The number of anilines is 1. The zero-order valence-electron chi connectivity index (χ0n) is 11.2. The molecule has 0 radical (unpaired) electrons. The van der Waals surface area contributed by atoms with Gasteiger partial charge in [0.15, 0.2) is 11.6 Å². The molecule has 2 atom stereocenters. The van der Waals surface area contributed by atoms with Crippen LogP contribution in [0.15, 0.2) is 18.3 Å². The molecule has 1 unspecified atom stereocenters. The molecule has 1 aromatic rings. The van der Waals surface area contributed by atoms with Gasteiger partial charge in [-0.1, -0.05) is 0 Å². The molecule has 2 aliphatic rings. The first-order chi connectivity index (χ1) is 8.79. The van der Waals surface area contributed by atoms with Gasteiger partial charge in [0, 0.05) is 25.3 Å². The van der Waals surface area contributed by atoms with Crippen LogP contribution in [0.2, 0.25) is 0 Å². The number of aromatic nitrogens is 1. The molecule has 0 aromatic carbocycles. The van der Waals surface area contributed by atoms with E-state index in [4.69, 9.17) is 4.74 Å². The van der Waals surface area contributed by atoms with E-state index in [9.17, 15) is 0 Å². The Balaban J connectivity index is 1.85. The van der Waals surface area contributed by atoms with Crippen molar-refractivity contribution in [3.8, 4) is 5.75 Å². The smallest absolute Gasteiger partial charge is 0.171 e. The Bertz CT molecular complexity index is 423. The zero-order valence-corrected chi connectivity index (χ0v) is 11.2. The second-order valence-corrected chi connectivity index (χ2v) is 5.39. The third kappa shape index (κ3) is 1.94. The van der Waals surface area contributed by atoms with E-state index in [0.29, 0.717) is 6.04 Å². The SMILES string of the molecule is COc1cccnc1N1CC[C@@H]2CN(C)CCC21. The quantitative estimate of drug-likeness (QED) is 0.794. The maximum Gasteiger partial charge on any atom is 0.171 e. The monoisotopic (exact) mass is 247 g/mol. The Hall–Kier alpha value is -1.29. The molecule has 4 nitrogen and oxygen atoms in total. The van der Waals surface area contributed by atoms with Gasteiger partial charge in [-0.2, -0.15) is 0 Å². The average molecular weight is 247 g/mol. The van der Waals surface area contributed by atoms with Crippen molar-refractivity contribution in [2.45, 2.75) is 18.9 Å². The van der Waals surface area contributed by atoms with E-state index in [1.807, 2.05) is 18.3 Å². The minimum atomic E-state index is 0.644. The molecule has 0 saturated carbocycles. The van der Waals surface area contributed by atoms with E-state index in [1.54, 1.807) is 7.11 Å². The lowest BCUT2D eigenvalue weighted by atomic mass is 9.93. The topological polar surface area (TPSA) is 28.6 Å². The van der Waals surface area contributed by atoms with Crippen molar-refractivity contribution in [1.29, 1.82) is 0 Å². The third-order valence-corrected chi connectivity index (χ3v) is 4.28. The molecule has 3 heterocycles. The van der Waals surface area contributed by atoms with Gasteiger partial charge in [0.25, 0.3) is 0 Å². The number of ether oxygens (including phenoxy) is 1. The van der Waals surface area contributed by atoms with Gasteiger partial charge >= 0.3 is 0 Å². The molecule has 18 heavy (non-hydrogen) atoms. The highest BCUT2D eigenvalue weighted by atomic mass is 16.5. The fourth-order valence-electron chi connectivity index (χ4n) is 3.39. The highest BCUT2D eigenvalue weighted by Crippen LogP contribution is 2.37. The summed E-state index contributed by atoms with van der Waals surface area (Å²) in [5.74, 6) is 2.71. The molecule has 1 aromatic heterocycles. The highest BCUT2D eigenvalue weighted by molar-refractivity contribution is 5.54. The van der Waals surface area contributed by atoms with Gasteiger partial charge in [0.05, 0.1) is 7.11 Å². The van der Waals surface area contributed by atoms with Crippen molar-refractivity contribution in [3.05, 3.63) is 18.3 Å². The second-order valence-electron chi connectivity index (χ2n) is 5.39. The van der Waals surface area contributed by atoms with Crippen LogP contribution in [0.25, 0.3) is 0 Å². The van der Waals surface area contributed by atoms with E-state index >= 15 is 0 Å². The Morgan fingerprint density at radius 1 is 1.33 bits per heavy atom. The number of nitrogens with zero attached hydrogens (tertiary/aromatic N) is 3. The lowest BCUT2D eigenvalue weighted by Gasteiger charge is -2.36. The molecule has 0 aliphatic carbocycles. The predicted octanol–water partition coefficient (Wildman–Crippen LogP) is 1.62. The van der Waals surface area contributed by atoms with Crippen LogP contribution in [0, 0.1) is 5.92 Å². The van der Waals surface area contributed by atoms with Gasteiger partial charge < -0.3 is 14.5 Å². The fourth-order valence-corrected chi connectivity index (χ4v) is 3.39. The number of hydrogen-bond donors (Lipinski definition) is 0. The summed E-state index contributed by atoms with van der Waals surface area (Å²) in [6.45, 7) is 3.51. The van der Waals surface area contributed by atoms with Crippen molar-refractivity contribution in [3.63, 3.8) is 0 Å². The Morgan fingerprint density at radius 2 is 2.22 bits per heavy atom. The minimum Gasteiger partial charge on any atom is -0.493 e. The van der Waals surface area contributed by atoms with Crippen LogP contribution < -0.4 is 9.64 Å². The Kier molecular flexibility index (Phi) is 3.12. The van der Waals surface area contributed by atoms with E-state index in [0.717, 1.165) is 24.0 Å². The van der Waals surface area contributed by atoms with Gasteiger partial charge in [-0.3, -0.25) is 0 Å². The van der Waals surface area contributed by atoms with Gasteiger partial charge in [-0.05, 0) is 44.5 Å². The number of pyridine rings is 1. The first-order valence-corrected chi connectivity index (χ1v) is 6.74. The summed E-state index contributed by atoms with van der Waals surface area (Å²) in [5, 5.41) is 0. The van der Waals surface area contributed by atoms with Crippen molar-refractivity contribution in [2.75, 3.05) is 38.7 Å². The zero-order chi connectivity index (χ0) is 12.5. The molecule has 4 heteroatoms. The van der Waals surface area contributed by atoms with Crippen LogP contribution in [0.1, 0.15) is 12.8 Å². The number of rotatable bonds is 2. The number of hydrogen-bond acceptors (Lipinski definition) is 4. The Labute approximate surface area is 109 Å². The van der Waals surface area contributed by atoms with Crippen molar-refractivity contribution >= 4 is 5.82 Å². The predicted molar refractivity (Wildman–Crippen MR) is 72.1 cm³/mol. The molecule has 0 N–H and O–H groups in total.